The van der Waals surface area contributed by atoms with Gasteiger partial charge >= 0.3 is 0 Å². The molecule has 0 N–H and O–H groups in total. The Morgan fingerprint density at radius 1 is 0.306 bits per heavy atom. The Kier molecular flexibility index (Phi) is 8.24. The predicted octanol–water partition coefficient (Wildman–Crippen LogP) is 18.0. The maximum atomic E-state index is 6.68. The van der Waals surface area contributed by atoms with Crippen LogP contribution in [0.25, 0.3) is 55.3 Å². The van der Waals surface area contributed by atoms with E-state index < -0.39 is 10.8 Å². The Morgan fingerprint density at radius 2 is 0.792 bits per heavy atom. The zero-order chi connectivity index (χ0) is 47.1. The fourth-order valence-corrected chi connectivity index (χ4v) is 14.3. The smallest absolute Gasteiger partial charge is 0.136 e. The van der Waals surface area contributed by atoms with Crippen LogP contribution >= 0.6 is 11.8 Å². The molecule has 0 unspecified atom stereocenters. The topological polar surface area (TPSA) is 25.6 Å². The SMILES string of the molecule is c1ccc2c(c1)Oc1ccccc1C21c2ccccc2-c2cc(N(c3ccc(-c4ccc5c(c4)oc4ccccc45)cc3)c3ccc4c(c3)C3(c5ccccc5Sc5ccccc53)c3ccccc3-4)ccc21. The molecule has 16 rings (SSSR count). The molecule has 0 atom stereocenters. The third-order valence-electron chi connectivity index (χ3n) is 16.0. The average molecular weight is 936 g/mol. The third kappa shape index (κ3) is 5.26. The Hall–Kier alpha value is -8.83. The van der Waals surface area contributed by atoms with Crippen LogP contribution in [0.15, 0.2) is 263 Å². The highest BCUT2D eigenvalue weighted by Gasteiger charge is 2.52. The lowest BCUT2D eigenvalue weighted by atomic mass is 9.66. The molecular formula is C68H41NO2S. The summed E-state index contributed by atoms with van der Waals surface area (Å²) in [5.41, 5.74) is 21.3. The van der Waals surface area contributed by atoms with Crippen LogP contribution in [-0.4, -0.2) is 0 Å². The summed E-state index contributed by atoms with van der Waals surface area (Å²) >= 11 is 1.88. The summed E-state index contributed by atoms with van der Waals surface area (Å²) in [5.74, 6) is 1.78. The van der Waals surface area contributed by atoms with E-state index in [0.29, 0.717) is 0 Å². The van der Waals surface area contributed by atoms with Crippen LogP contribution in [0.5, 0.6) is 11.5 Å². The third-order valence-corrected chi connectivity index (χ3v) is 17.2. The largest absolute Gasteiger partial charge is 0.457 e. The van der Waals surface area contributed by atoms with Gasteiger partial charge in [-0.05, 0) is 146 Å². The molecule has 1 aromatic heterocycles. The van der Waals surface area contributed by atoms with Gasteiger partial charge in [0, 0.05) is 48.8 Å². The van der Waals surface area contributed by atoms with E-state index in [0.717, 1.165) is 72.8 Å². The van der Waals surface area contributed by atoms with Gasteiger partial charge in [0.25, 0.3) is 0 Å². The van der Waals surface area contributed by atoms with Crippen molar-refractivity contribution in [2.24, 2.45) is 0 Å². The van der Waals surface area contributed by atoms with Gasteiger partial charge in [0.05, 0.1) is 10.8 Å². The number of ether oxygens (including phenoxy) is 1. The minimum absolute atomic E-state index is 0.516. The van der Waals surface area contributed by atoms with Gasteiger partial charge in [-0.15, -0.1) is 0 Å². The molecule has 2 aliphatic heterocycles. The number of fused-ring (bicyclic) bond motifs is 21. The van der Waals surface area contributed by atoms with E-state index in [1.165, 1.54) is 65.4 Å². The molecule has 3 heterocycles. The molecule has 72 heavy (non-hydrogen) atoms. The number of nitrogens with zero attached hydrogens (tertiary/aromatic N) is 1. The van der Waals surface area contributed by atoms with Gasteiger partial charge < -0.3 is 14.1 Å². The van der Waals surface area contributed by atoms with Crippen molar-refractivity contribution in [2.75, 3.05) is 4.90 Å². The first-order valence-electron chi connectivity index (χ1n) is 24.7. The van der Waals surface area contributed by atoms with Crippen LogP contribution in [-0.2, 0) is 10.8 Å². The van der Waals surface area contributed by atoms with Gasteiger partial charge in [-0.2, -0.15) is 0 Å². The molecule has 0 fully saturated rings. The molecule has 2 aliphatic carbocycles. The van der Waals surface area contributed by atoms with Crippen LogP contribution in [0.4, 0.5) is 17.1 Å². The summed E-state index contributed by atoms with van der Waals surface area (Å²) in [6.07, 6.45) is 0. The van der Waals surface area contributed by atoms with Crippen molar-refractivity contribution in [2.45, 2.75) is 20.6 Å². The first-order chi connectivity index (χ1) is 35.7. The van der Waals surface area contributed by atoms with E-state index in [2.05, 4.69) is 241 Å². The second-order valence-corrected chi connectivity index (χ2v) is 20.5. The molecule has 3 nitrogen and oxygen atoms in total. The molecular weight excluding hydrogens is 895 g/mol. The minimum Gasteiger partial charge on any atom is -0.457 e. The Balaban J connectivity index is 0.926. The molecule has 0 saturated heterocycles. The number of anilines is 3. The molecule has 4 aliphatic rings. The fraction of sp³-hybridized carbons (Fsp3) is 0.0294. The summed E-state index contributed by atoms with van der Waals surface area (Å²) in [6.45, 7) is 0. The number of para-hydroxylation sites is 3. The summed E-state index contributed by atoms with van der Waals surface area (Å²) in [5, 5.41) is 2.26. The van der Waals surface area contributed by atoms with E-state index in [9.17, 15) is 0 Å². The lowest BCUT2D eigenvalue weighted by Gasteiger charge is -2.40. The molecule has 11 aromatic carbocycles. The molecule has 2 spiro atoms. The van der Waals surface area contributed by atoms with E-state index in [-0.39, 0.29) is 0 Å². The number of furan rings is 1. The van der Waals surface area contributed by atoms with Gasteiger partial charge in [-0.25, -0.2) is 0 Å². The first-order valence-corrected chi connectivity index (χ1v) is 25.5. The van der Waals surface area contributed by atoms with Crippen molar-refractivity contribution in [3.8, 4) is 44.9 Å². The van der Waals surface area contributed by atoms with Crippen molar-refractivity contribution >= 4 is 50.8 Å². The van der Waals surface area contributed by atoms with Gasteiger partial charge in [0.15, 0.2) is 0 Å². The van der Waals surface area contributed by atoms with Gasteiger partial charge in [0.2, 0.25) is 0 Å². The summed E-state index contributed by atoms with van der Waals surface area (Å²) in [6, 6.07) is 91.7. The van der Waals surface area contributed by atoms with E-state index in [1.54, 1.807) is 0 Å². The van der Waals surface area contributed by atoms with Crippen LogP contribution in [0.1, 0.15) is 44.5 Å². The van der Waals surface area contributed by atoms with Crippen molar-refractivity contribution in [3.63, 3.8) is 0 Å². The number of hydrogen-bond acceptors (Lipinski definition) is 4. The summed E-state index contributed by atoms with van der Waals surface area (Å²) < 4.78 is 13.1. The van der Waals surface area contributed by atoms with Crippen LogP contribution in [0.2, 0.25) is 0 Å². The molecule has 4 heteroatoms. The number of rotatable bonds is 4. The van der Waals surface area contributed by atoms with Gasteiger partial charge in [-0.1, -0.05) is 182 Å². The minimum atomic E-state index is -0.561. The normalized spacial score (nSPS) is 14.4. The molecule has 0 amide bonds. The van der Waals surface area contributed by atoms with Crippen molar-refractivity contribution in [3.05, 3.63) is 293 Å². The lowest BCUT2D eigenvalue weighted by molar-refractivity contribution is 0.436. The fourth-order valence-electron chi connectivity index (χ4n) is 13.1. The lowest BCUT2D eigenvalue weighted by Crippen LogP contribution is -2.32. The second kappa shape index (κ2) is 14.8. The molecule has 336 valence electrons. The van der Waals surface area contributed by atoms with Crippen LogP contribution in [0.3, 0.4) is 0 Å². The van der Waals surface area contributed by atoms with Gasteiger partial charge in [0.1, 0.15) is 22.7 Å². The maximum absolute atomic E-state index is 6.68. The van der Waals surface area contributed by atoms with Gasteiger partial charge in [-0.3, -0.25) is 0 Å². The Labute approximate surface area is 421 Å². The highest BCUT2D eigenvalue weighted by Crippen LogP contribution is 2.65. The van der Waals surface area contributed by atoms with E-state index >= 15 is 0 Å². The van der Waals surface area contributed by atoms with Crippen molar-refractivity contribution in [1.29, 1.82) is 0 Å². The molecule has 0 saturated carbocycles. The van der Waals surface area contributed by atoms with Crippen molar-refractivity contribution < 1.29 is 9.15 Å². The maximum Gasteiger partial charge on any atom is 0.136 e. The standard InChI is InChI=1S/C68H41NO2S/c1-4-18-53-47(15-1)49-37-34-46(41-60(49)68(53)58-22-8-13-27-65(58)72-66-28-14-9-23-59(66)68)69(44-32-29-42(30-33-44)43-31-36-51-50-17-3-10-24-61(50)70-64(51)39-43)45-35-38-55-52(40-45)48-16-2-5-19-54(48)67(55)56-20-6-11-25-62(56)71-63-26-12-7-21-57(63)67/h1-41H. The van der Waals surface area contributed by atoms with Crippen LogP contribution < -0.4 is 9.64 Å². The average Bonchev–Trinajstić information content (AvgIpc) is 4.06. The first kappa shape index (κ1) is 40.0. The molecule has 0 radical (unpaired) electrons. The van der Waals surface area contributed by atoms with Crippen LogP contribution in [0, 0.1) is 0 Å². The Morgan fingerprint density at radius 3 is 1.50 bits per heavy atom. The summed E-state index contributed by atoms with van der Waals surface area (Å²) in [7, 11) is 0. The highest BCUT2D eigenvalue weighted by atomic mass is 32.2. The quantitative estimate of drug-likeness (QED) is 0.176. The van der Waals surface area contributed by atoms with E-state index in [1.807, 2.05) is 23.9 Å². The number of hydrogen-bond donors (Lipinski definition) is 0. The predicted molar refractivity (Wildman–Crippen MR) is 293 cm³/mol. The zero-order valence-corrected chi connectivity index (χ0v) is 39.7. The molecule has 0 bridgehead atoms. The summed E-state index contributed by atoms with van der Waals surface area (Å²) in [4.78, 5) is 5.05. The second-order valence-electron chi connectivity index (χ2n) is 19.4. The molecule has 12 aromatic rings. The number of benzene rings is 11. The Bertz CT molecular complexity index is 4170. The monoisotopic (exact) mass is 935 g/mol. The zero-order valence-electron chi connectivity index (χ0n) is 38.8. The highest BCUT2D eigenvalue weighted by molar-refractivity contribution is 7.99. The van der Waals surface area contributed by atoms with Crippen molar-refractivity contribution in [1.82, 2.24) is 0 Å². The van der Waals surface area contributed by atoms with E-state index in [4.69, 9.17) is 9.15 Å².